The predicted molar refractivity (Wildman–Crippen MR) is 182 cm³/mol. The van der Waals surface area contributed by atoms with Crippen molar-refractivity contribution in [2.45, 2.75) is 57.1 Å². The van der Waals surface area contributed by atoms with Gasteiger partial charge in [-0.2, -0.15) is 0 Å². The fraction of sp³-hybridized carbons (Fsp3) is 0.297. The first kappa shape index (κ1) is 34.4. The maximum absolute atomic E-state index is 14.6. The average Bonchev–Trinajstić information content (AvgIpc) is 3.06. The number of nitrogens with zero attached hydrogens (tertiary/aromatic N) is 2. The van der Waals surface area contributed by atoms with Gasteiger partial charge in [0.2, 0.25) is 11.8 Å². The number of ether oxygens (including phenoxy) is 2. The molecule has 0 unspecified atom stereocenters. The summed E-state index contributed by atoms with van der Waals surface area (Å²) in [5.41, 5.74) is 2.09. The molecule has 48 heavy (non-hydrogen) atoms. The number of fused-ring (bicyclic) bond motifs is 1. The number of sulfonamides is 1. The van der Waals surface area contributed by atoms with E-state index in [0.29, 0.717) is 12.4 Å². The molecule has 2 amide bonds. The van der Waals surface area contributed by atoms with Crippen LogP contribution in [0.15, 0.2) is 102 Å². The zero-order valence-electron chi connectivity index (χ0n) is 27.5. The third kappa shape index (κ3) is 8.51. The van der Waals surface area contributed by atoms with Crippen molar-refractivity contribution in [1.82, 2.24) is 10.2 Å². The zero-order valence-corrected chi connectivity index (χ0v) is 28.3. The summed E-state index contributed by atoms with van der Waals surface area (Å²) < 4.78 is 54.8. The number of carbonyl (C=O) groups is 2. The minimum absolute atomic E-state index is 0.0372. The quantitative estimate of drug-likeness (QED) is 0.221. The Morgan fingerprint density at radius 2 is 1.50 bits per heavy atom. The van der Waals surface area contributed by atoms with Gasteiger partial charge in [0, 0.05) is 24.6 Å². The van der Waals surface area contributed by atoms with Crippen LogP contribution in [0, 0.1) is 12.7 Å². The molecule has 1 aliphatic heterocycles. The van der Waals surface area contributed by atoms with E-state index in [2.05, 4.69) is 5.32 Å². The summed E-state index contributed by atoms with van der Waals surface area (Å²) >= 11 is 0. The molecule has 0 saturated carbocycles. The summed E-state index contributed by atoms with van der Waals surface area (Å²) in [4.78, 5) is 29.9. The van der Waals surface area contributed by atoms with E-state index in [1.807, 2.05) is 82.3 Å². The number of anilines is 1. The Bertz CT molecular complexity index is 1840. The molecule has 5 rings (SSSR count). The Hall–Kier alpha value is -4.90. The lowest BCUT2D eigenvalue weighted by Gasteiger charge is -2.35. The molecule has 4 aromatic rings. The molecule has 0 aliphatic carbocycles. The number of rotatable bonds is 11. The fourth-order valence-electron chi connectivity index (χ4n) is 5.34. The summed E-state index contributed by atoms with van der Waals surface area (Å²) in [6.45, 7) is 7.47. The molecular formula is C37H40FN3O6S. The first-order valence-corrected chi connectivity index (χ1v) is 17.1. The minimum atomic E-state index is -4.41. The van der Waals surface area contributed by atoms with Gasteiger partial charge in [0.1, 0.15) is 31.6 Å². The van der Waals surface area contributed by atoms with Gasteiger partial charge < -0.3 is 19.7 Å². The lowest BCUT2D eigenvalue weighted by molar-refractivity contribution is -0.140. The zero-order chi connectivity index (χ0) is 34.5. The summed E-state index contributed by atoms with van der Waals surface area (Å²) in [5.74, 6) is -0.900. The van der Waals surface area contributed by atoms with Gasteiger partial charge in [0.05, 0.1) is 10.6 Å². The molecule has 1 N–H and O–H groups in total. The van der Waals surface area contributed by atoms with Crippen LogP contribution in [0.25, 0.3) is 0 Å². The smallest absolute Gasteiger partial charge is 0.264 e. The van der Waals surface area contributed by atoms with Crippen LogP contribution in [0.1, 0.15) is 37.5 Å². The van der Waals surface area contributed by atoms with E-state index in [1.54, 1.807) is 0 Å². The van der Waals surface area contributed by atoms with Crippen molar-refractivity contribution >= 4 is 27.5 Å². The van der Waals surface area contributed by atoms with Gasteiger partial charge in [-0.3, -0.25) is 13.9 Å². The van der Waals surface area contributed by atoms with Gasteiger partial charge >= 0.3 is 0 Å². The van der Waals surface area contributed by atoms with Crippen LogP contribution >= 0.6 is 0 Å². The fourth-order valence-corrected chi connectivity index (χ4v) is 6.77. The second-order valence-electron chi connectivity index (χ2n) is 12.7. The highest BCUT2D eigenvalue weighted by Gasteiger charge is 2.36. The van der Waals surface area contributed by atoms with Crippen LogP contribution in [0.4, 0.5) is 10.1 Å². The third-order valence-corrected chi connectivity index (χ3v) is 9.51. The van der Waals surface area contributed by atoms with E-state index in [-0.39, 0.29) is 41.8 Å². The first-order valence-electron chi connectivity index (χ1n) is 15.7. The summed E-state index contributed by atoms with van der Waals surface area (Å²) in [6.07, 6.45) is 0.186. The summed E-state index contributed by atoms with van der Waals surface area (Å²) in [7, 11) is -4.41. The molecule has 4 aromatic carbocycles. The second-order valence-corrected chi connectivity index (χ2v) is 14.6. The molecule has 0 saturated heterocycles. The Balaban J connectivity index is 1.58. The highest BCUT2D eigenvalue weighted by molar-refractivity contribution is 7.92. The van der Waals surface area contributed by atoms with Crippen molar-refractivity contribution < 1.29 is 31.9 Å². The minimum Gasteiger partial charge on any atom is -0.486 e. The molecule has 252 valence electrons. The molecule has 1 aliphatic rings. The van der Waals surface area contributed by atoms with E-state index < -0.39 is 39.9 Å². The lowest BCUT2D eigenvalue weighted by Crippen LogP contribution is -2.56. The molecule has 0 fully saturated rings. The van der Waals surface area contributed by atoms with E-state index in [9.17, 15) is 22.4 Å². The summed E-state index contributed by atoms with van der Waals surface area (Å²) in [6, 6.07) is 25.0. The Morgan fingerprint density at radius 1 is 0.854 bits per heavy atom. The SMILES string of the molecule is Cc1ccc(CN(C(=O)CN(c2ccc(F)cc2)S(=O)(=O)c2ccc3c(c2)OCCO3)[C@H](Cc2ccccc2)C(=O)NC(C)(C)C)cc1. The van der Waals surface area contributed by atoms with Crippen LogP contribution in [0.5, 0.6) is 11.5 Å². The van der Waals surface area contributed by atoms with Crippen molar-refractivity contribution in [3.63, 3.8) is 0 Å². The first-order chi connectivity index (χ1) is 22.8. The number of halogens is 1. The van der Waals surface area contributed by atoms with Crippen LogP contribution in [-0.4, -0.2) is 56.5 Å². The molecule has 11 heteroatoms. The van der Waals surface area contributed by atoms with Gasteiger partial charge in [-0.1, -0.05) is 60.2 Å². The molecule has 1 heterocycles. The topological polar surface area (TPSA) is 105 Å². The molecule has 0 radical (unpaired) electrons. The van der Waals surface area contributed by atoms with Crippen LogP contribution in [0.2, 0.25) is 0 Å². The Kier molecular flexibility index (Phi) is 10.4. The van der Waals surface area contributed by atoms with Crippen LogP contribution in [0.3, 0.4) is 0 Å². The Morgan fingerprint density at radius 3 is 2.15 bits per heavy atom. The highest BCUT2D eigenvalue weighted by atomic mass is 32.2. The number of aryl methyl sites for hydroxylation is 1. The van der Waals surface area contributed by atoms with E-state index in [4.69, 9.17) is 9.47 Å². The molecule has 0 aromatic heterocycles. The molecule has 9 nitrogen and oxygen atoms in total. The Labute approximate surface area is 281 Å². The maximum atomic E-state index is 14.6. The van der Waals surface area contributed by atoms with Crippen LogP contribution in [-0.2, 0) is 32.6 Å². The van der Waals surface area contributed by atoms with Crippen molar-refractivity contribution in [3.8, 4) is 11.5 Å². The van der Waals surface area contributed by atoms with Crippen molar-refractivity contribution in [1.29, 1.82) is 0 Å². The monoisotopic (exact) mass is 673 g/mol. The van der Waals surface area contributed by atoms with Crippen molar-refractivity contribution in [3.05, 3.63) is 120 Å². The highest BCUT2D eigenvalue weighted by Crippen LogP contribution is 2.34. The maximum Gasteiger partial charge on any atom is 0.264 e. The third-order valence-electron chi connectivity index (χ3n) is 7.74. The number of hydrogen-bond donors (Lipinski definition) is 1. The second kappa shape index (κ2) is 14.5. The van der Waals surface area contributed by atoms with Gasteiger partial charge in [-0.25, -0.2) is 12.8 Å². The number of nitrogens with one attached hydrogen (secondary N) is 1. The normalized spacial score (nSPS) is 13.4. The number of hydrogen-bond acceptors (Lipinski definition) is 6. The number of amides is 2. The van der Waals surface area contributed by atoms with Gasteiger partial charge in [-0.05, 0) is 75.2 Å². The molecule has 0 bridgehead atoms. The average molecular weight is 674 g/mol. The van der Waals surface area contributed by atoms with E-state index in [0.717, 1.165) is 33.1 Å². The summed E-state index contributed by atoms with van der Waals surface area (Å²) in [5, 5.41) is 3.01. The van der Waals surface area contributed by atoms with Crippen molar-refractivity contribution in [2.75, 3.05) is 24.1 Å². The number of carbonyl (C=O) groups excluding carboxylic acids is 2. The van der Waals surface area contributed by atoms with Gasteiger partial charge in [0.15, 0.2) is 11.5 Å². The lowest BCUT2D eigenvalue weighted by atomic mass is 10.0. The van der Waals surface area contributed by atoms with Crippen molar-refractivity contribution in [2.24, 2.45) is 0 Å². The molecule has 0 spiro atoms. The largest absolute Gasteiger partial charge is 0.486 e. The number of benzene rings is 4. The van der Waals surface area contributed by atoms with E-state index in [1.165, 1.54) is 35.2 Å². The van der Waals surface area contributed by atoms with Crippen LogP contribution < -0.4 is 19.1 Å². The standard InChI is InChI=1S/C37H40FN3O6S/c1-26-10-12-28(13-11-26)24-40(32(36(43)39-37(2,3)4)22-27-8-6-5-7-9-27)35(42)25-41(30-16-14-29(38)15-17-30)48(44,45)31-18-19-33-34(23-31)47-21-20-46-33/h5-19,23,32H,20-22,24-25H2,1-4H3,(H,39,43)/t32-/m1/s1. The van der Waals surface area contributed by atoms with Gasteiger partial charge in [-0.15, -0.1) is 0 Å². The molecule has 1 atom stereocenters. The molecular weight excluding hydrogens is 633 g/mol. The predicted octanol–water partition coefficient (Wildman–Crippen LogP) is 5.66. The van der Waals surface area contributed by atoms with E-state index >= 15 is 0 Å². The van der Waals surface area contributed by atoms with Gasteiger partial charge in [0.25, 0.3) is 10.0 Å².